The number of halogens is 1. The van der Waals surface area contributed by atoms with E-state index >= 15 is 0 Å². The third-order valence-corrected chi connectivity index (χ3v) is 3.91. The number of ether oxygens (including phenoxy) is 1. The zero-order valence-electron chi connectivity index (χ0n) is 8.02. The topological polar surface area (TPSA) is 46.5 Å². The fourth-order valence-corrected chi connectivity index (χ4v) is 3.01. The molecule has 0 radical (unpaired) electrons. The second-order valence-corrected chi connectivity index (χ2v) is 4.97. The summed E-state index contributed by atoms with van der Waals surface area (Å²) in [7, 11) is 1.37. The van der Waals surface area contributed by atoms with E-state index in [0.29, 0.717) is 6.42 Å². The lowest BCUT2D eigenvalue weighted by atomic mass is 10.0. The molecule has 1 rings (SSSR count). The van der Waals surface area contributed by atoms with Crippen molar-refractivity contribution in [1.82, 2.24) is 0 Å². The number of carbonyl (C=O) groups is 1. The van der Waals surface area contributed by atoms with Gasteiger partial charge in [-0.15, -0.1) is 0 Å². The van der Waals surface area contributed by atoms with Gasteiger partial charge in [0.25, 0.3) is 0 Å². The molecule has 82 valence electrons. The van der Waals surface area contributed by atoms with E-state index in [1.165, 1.54) is 7.11 Å². The minimum atomic E-state index is -0.500. The number of aliphatic hydroxyl groups excluding tert-OH is 1. The number of aliphatic hydroxyl groups is 1. The number of thiol groups is 1. The quantitative estimate of drug-likeness (QED) is 0.465. The van der Waals surface area contributed by atoms with Crippen molar-refractivity contribution in [3.63, 3.8) is 0 Å². The van der Waals surface area contributed by atoms with Crippen molar-refractivity contribution < 1.29 is 14.6 Å². The molecular formula is C9H15BrO3S. The van der Waals surface area contributed by atoms with Crippen molar-refractivity contribution in [3.05, 3.63) is 0 Å². The Hall–Kier alpha value is 0.260. The Balaban J connectivity index is 2.61. The second kappa shape index (κ2) is 5.37. The number of methoxy groups -OCH3 is 1. The number of hydrogen-bond acceptors (Lipinski definition) is 4. The summed E-state index contributed by atoms with van der Waals surface area (Å²) in [5, 5.41) is 10.3. The molecule has 0 aromatic rings. The molecule has 0 spiro atoms. The maximum absolute atomic E-state index is 11.3. The lowest BCUT2D eigenvalue weighted by Gasteiger charge is -2.15. The SMILES string of the molecule is COC(=O)C1CC(CCBr)C(O)C1S. The first-order valence-electron chi connectivity index (χ1n) is 4.61. The Kier molecular flexibility index (Phi) is 4.73. The molecule has 1 fully saturated rings. The molecule has 1 saturated carbocycles. The molecule has 14 heavy (non-hydrogen) atoms. The van der Waals surface area contributed by atoms with Gasteiger partial charge in [-0.3, -0.25) is 4.79 Å². The second-order valence-electron chi connectivity index (χ2n) is 3.58. The van der Waals surface area contributed by atoms with Crippen LogP contribution < -0.4 is 0 Å². The third kappa shape index (κ3) is 2.44. The number of carbonyl (C=O) groups excluding carboxylic acids is 1. The van der Waals surface area contributed by atoms with Crippen molar-refractivity contribution in [2.24, 2.45) is 11.8 Å². The summed E-state index contributed by atoms with van der Waals surface area (Å²) in [6.07, 6.45) is 1.04. The van der Waals surface area contributed by atoms with Gasteiger partial charge in [-0.1, -0.05) is 15.9 Å². The van der Waals surface area contributed by atoms with Crippen molar-refractivity contribution in [2.45, 2.75) is 24.2 Å². The van der Waals surface area contributed by atoms with Crippen LogP contribution in [0.4, 0.5) is 0 Å². The van der Waals surface area contributed by atoms with Gasteiger partial charge < -0.3 is 9.84 Å². The van der Waals surface area contributed by atoms with Crippen molar-refractivity contribution in [3.8, 4) is 0 Å². The predicted octanol–water partition coefficient (Wildman–Crippen LogP) is 1.24. The van der Waals surface area contributed by atoms with E-state index in [4.69, 9.17) is 0 Å². The average molecular weight is 283 g/mol. The summed E-state index contributed by atoms with van der Waals surface area (Å²) < 4.78 is 4.67. The smallest absolute Gasteiger partial charge is 0.309 e. The Bertz CT molecular complexity index is 212. The first-order valence-corrected chi connectivity index (χ1v) is 6.25. The van der Waals surface area contributed by atoms with Crippen LogP contribution in [0.3, 0.4) is 0 Å². The molecule has 0 amide bonds. The van der Waals surface area contributed by atoms with E-state index in [1.54, 1.807) is 0 Å². The fraction of sp³-hybridized carbons (Fsp3) is 0.889. The van der Waals surface area contributed by atoms with Crippen LogP contribution in [0.25, 0.3) is 0 Å². The van der Waals surface area contributed by atoms with Crippen LogP contribution in [-0.2, 0) is 9.53 Å². The van der Waals surface area contributed by atoms with E-state index in [1.807, 2.05) is 0 Å². The summed E-state index contributed by atoms with van der Waals surface area (Å²) in [5.74, 6) is -0.371. The highest BCUT2D eigenvalue weighted by Gasteiger charge is 2.43. The van der Waals surface area contributed by atoms with Gasteiger partial charge in [0.2, 0.25) is 0 Å². The van der Waals surface area contributed by atoms with Crippen LogP contribution in [0.5, 0.6) is 0 Å². The monoisotopic (exact) mass is 282 g/mol. The average Bonchev–Trinajstić information content (AvgIpc) is 2.46. The Morgan fingerprint density at radius 2 is 2.36 bits per heavy atom. The van der Waals surface area contributed by atoms with Gasteiger partial charge in [0.1, 0.15) is 0 Å². The van der Waals surface area contributed by atoms with E-state index in [2.05, 4.69) is 33.3 Å². The zero-order valence-corrected chi connectivity index (χ0v) is 10.5. The van der Waals surface area contributed by atoms with Gasteiger partial charge in [-0.05, 0) is 18.8 Å². The molecule has 0 aromatic heterocycles. The molecule has 1 aliphatic carbocycles. The van der Waals surface area contributed by atoms with Gasteiger partial charge in [0, 0.05) is 10.6 Å². The summed E-state index contributed by atoms with van der Waals surface area (Å²) >= 11 is 7.59. The summed E-state index contributed by atoms with van der Waals surface area (Å²) in [6.45, 7) is 0. The van der Waals surface area contributed by atoms with Gasteiger partial charge >= 0.3 is 5.97 Å². The molecule has 0 heterocycles. The standard InChI is InChI=1S/C9H15BrO3S/c1-13-9(12)6-4-5(2-3-10)7(11)8(6)14/h5-8,11,14H,2-4H2,1H3. The Morgan fingerprint density at radius 1 is 1.71 bits per heavy atom. The third-order valence-electron chi connectivity index (χ3n) is 2.79. The molecule has 5 heteroatoms. The Labute approximate surface area is 97.7 Å². The molecule has 0 bridgehead atoms. The van der Waals surface area contributed by atoms with Crippen LogP contribution in [0, 0.1) is 11.8 Å². The molecule has 4 unspecified atom stereocenters. The highest BCUT2D eigenvalue weighted by molar-refractivity contribution is 9.09. The molecule has 3 nitrogen and oxygen atoms in total. The first-order chi connectivity index (χ1) is 6.61. The molecule has 1 N–H and O–H groups in total. The van der Waals surface area contributed by atoms with E-state index in [-0.39, 0.29) is 23.1 Å². The van der Waals surface area contributed by atoms with Gasteiger partial charge in [0.05, 0.1) is 19.1 Å². The normalized spacial score (nSPS) is 37.1. The summed E-state index contributed by atoms with van der Waals surface area (Å²) in [6, 6.07) is 0. The van der Waals surface area contributed by atoms with Crippen molar-refractivity contribution in [2.75, 3.05) is 12.4 Å². The minimum absolute atomic E-state index is 0.154. The maximum Gasteiger partial charge on any atom is 0.309 e. The molecule has 0 aliphatic heterocycles. The minimum Gasteiger partial charge on any atom is -0.469 e. The van der Waals surface area contributed by atoms with Gasteiger partial charge in [-0.2, -0.15) is 12.6 Å². The highest BCUT2D eigenvalue weighted by Crippen LogP contribution is 2.37. The van der Waals surface area contributed by atoms with Crippen LogP contribution in [0.1, 0.15) is 12.8 Å². The summed E-state index contributed by atoms with van der Waals surface area (Å²) in [5.41, 5.74) is 0. The number of esters is 1. The van der Waals surface area contributed by atoms with Crippen molar-refractivity contribution in [1.29, 1.82) is 0 Å². The molecular weight excluding hydrogens is 268 g/mol. The maximum atomic E-state index is 11.3. The Morgan fingerprint density at radius 3 is 2.86 bits per heavy atom. The van der Waals surface area contributed by atoms with E-state index in [9.17, 15) is 9.90 Å². The van der Waals surface area contributed by atoms with E-state index in [0.717, 1.165) is 11.8 Å². The molecule has 1 aliphatic rings. The van der Waals surface area contributed by atoms with Crippen molar-refractivity contribution >= 4 is 34.5 Å². The molecule has 0 saturated heterocycles. The largest absolute Gasteiger partial charge is 0.469 e. The van der Waals surface area contributed by atoms with Crippen LogP contribution >= 0.6 is 28.6 Å². The number of rotatable bonds is 3. The molecule has 4 atom stereocenters. The van der Waals surface area contributed by atoms with Crippen LogP contribution in [0.2, 0.25) is 0 Å². The van der Waals surface area contributed by atoms with E-state index < -0.39 is 6.10 Å². The predicted molar refractivity (Wildman–Crippen MR) is 60.8 cm³/mol. The highest BCUT2D eigenvalue weighted by atomic mass is 79.9. The van der Waals surface area contributed by atoms with Gasteiger partial charge in [-0.25, -0.2) is 0 Å². The molecule has 0 aromatic carbocycles. The number of hydrogen-bond donors (Lipinski definition) is 2. The lowest BCUT2D eigenvalue weighted by molar-refractivity contribution is -0.145. The summed E-state index contributed by atoms with van der Waals surface area (Å²) in [4.78, 5) is 11.3. The van der Waals surface area contributed by atoms with Crippen LogP contribution in [-0.4, -0.2) is 34.9 Å². The lowest BCUT2D eigenvalue weighted by Crippen LogP contribution is -2.27. The fourth-order valence-electron chi connectivity index (χ4n) is 1.94. The number of alkyl halides is 1. The van der Waals surface area contributed by atoms with Crippen LogP contribution in [0.15, 0.2) is 0 Å². The first kappa shape index (κ1) is 12.3. The van der Waals surface area contributed by atoms with Gasteiger partial charge in [0.15, 0.2) is 0 Å². The zero-order chi connectivity index (χ0) is 10.7.